The molecule has 1 aliphatic carbocycles. The van der Waals surface area contributed by atoms with Gasteiger partial charge in [-0.15, -0.1) is 11.8 Å². The number of ether oxygens (including phenoxy) is 1. The summed E-state index contributed by atoms with van der Waals surface area (Å²) in [5, 5.41) is 11.8. The number of ketones is 1. The van der Waals surface area contributed by atoms with E-state index in [4.69, 9.17) is 9.57 Å². The molecule has 1 N–H and O–H groups in total. The highest BCUT2D eigenvalue weighted by Crippen LogP contribution is 2.59. The number of para-hydroxylation sites is 1. The summed E-state index contributed by atoms with van der Waals surface area (Å²) in [6, 6.07) is 7.27. The van der Waals surface area contributed by atoms with Crippen LogP contribution in [0.2, 0.25) is 0 Å². The van der Waals surface area contributed by atoms with E-state index in [2.05, 4.69) is 0 Å². The van der Waals surface area contributed by atoms with E-state index in [1.54, 1.807) is 24.5 Å². The predicted molar refractivity (Wildman–Crippen MR) is 115 cm³/mol. The van der Waals surface area contributed by atoms with Crippen molar-refractivity contribution < 1.29 is 29.1 Å². The normalized spacial score (nSPS) is 38.8. The third kappa shape index (κ3) is 2.23. The molecule has 2 amide bonds. The molecule has 3 aliphatic heterocycles. The second kappa shape index (κ2) is 6.74. The molecule has 0 unspecified atom stereocenters. The minimum absolute atomic E-state index is 0.173. The molecule has 0 aromatic heterocycles. The zero-order chi connectivity index (χ0) is 22.2. The number of aliphatic hydroxyl groups excluding tert-OH is 1. The standard InChI is InChI=1S/C21H22N2O6S2/c1-22-18(27)21(31-3)16(25)19(11-7-6-10-14(19)24)29-23(21)17(26)20(22)15(30-2)12-8-4-5-9-13(12)28-20/h4-6,8-10,15-16,25H,7,11H2,1-3H3/t15-,16+,19-,20-,21+/m0/s1. The maximum Gasteiger partial charge on any atom is 0.315 e. The van der Waals surface area contributed by atoms with Gasteiger partial charge in [-0.25, -0.2) is 0 Å². The van der Waals surface area contributed by atoms with Crippen LogP contribution >= 0.6 is 23.5 Å². The van der Waals surface area contributed by atoms with Crippen LogP contribution < -0.4 is 4.74 Å². The summed E-state index contributed by atoms with van der Waals surface area (Å²) in [4.78, 5) is 46.3. The lowest BCUT2D eigenvalue weighted by atomic mass is 9.80. The van der Waals surface area contributed by atoms with E-state index in [9.17, 15) is 19.5 Å². The van der Waals surface area contributed by atoms with Crippen molar-refractivity contribution in [2.24, 2.45) is 0 Å². The molecular formula is C21H22N2O6S2. The van der Waals surface area contributed by atoms with Gasteiger partial charge in [0, 0.05) is 12.6 Å². The van der Waals surface area contributed by atoms with Crippen LogP contribution in [0, 0.1) is 0 Å². The van der Waals surface area contributed by atoms with E-state index < -0.39 is 45.1 Å². The lowest BCUT2D eigenvalue weighted by molar-refractivity contribution is -0.245. The molecule has 2 fully saturated rings. The van der Waals surface area contributed by atoms with E-state index in [1.165, 1.54) is 29.8 Å². The molecule has 164 valence electrons. The molecule has 8 nitrogen and oxygen atoms in total. The summed E-state index contributed by atoms with van der Waals surface area (Å²) < 4.78 is 6.19. The van der Waals surface area contributed by atoms with E-state index in [1.807, 2.05) is 18.4 Å². The number of amides is 2. The van der Waals surface area contributed by atoms with Crippen molar-refractivity contribution in [3.63, 3.8) is 0 Å². The number of nitrogens with zero attached hydrogens (tertiary/aromatic N) is 2. The Bertz CT molecular complexity index is 1030. The first-order valence-corrected chi connectivity index (χ1v) is 12.4. The average molecular weight is 463 g/mol. The monoisotopic (exact) mass is 462 g/mol. The number of carbonyl (C=O) groups excluding carboxylic acids is 3. The summed E-state index contributed by atoms with van der Waals surface area (Å²) in [6.07, 6.45) is 5.64. The number of allylic oxidation sites excluding steroid dienone is 1. The van der Waals surface area contributed by atoms with Gasteiger partial charge in [0.05, 0.1) is 0 Å². The first-order valence-electron chi connectivity index (χ1n) is 9.88. The number of likely N-dealkylation sites (N-methyl/N-ethyl adjacent to an activating group) is 1. The lowest BCUT2D eigenvalue weighted by Crippen LogP contribution is -2.77. The van der Waals surface area contributed by atoms with E-state index in [0.29, 0.717) is 12.2 Å². The van der Waals surface area contributed by atoms with Crippen molar-refractivity contribution in [2.45, 2.75) is 40.4 Å². The largest absolute Gasteiger partial charge is 0.456 e. The molecular weight excluding hydrogens is 440 g/mol. The fourth-order valence-electron chi connectivity index (χ4n) is 5.09. The highest BCUT2D eigenvalue weighted by molar-refractivity contribution is 8.00. The maximum absolute atomic E-state index is 14.1. The van der Waals surface area contributed by atoms with Crippen LogP contribution in [-0.2, 0) is 19.2 Å². The molecule has 1 aromatic rings. The number of hydroxylamine groups is 2. The van der Waals surface area contributed by atoms with Crippen LogP contribution in [0.4, 0.5) is 0 Å². The number of fused-ring (bicyclic) bond motifs is 2. The van der Waals surface area contributed by atoms with E-state index in [-0.39, 0.29) is 6.42 Å². The number of thioether (sulfide) groups is 2. The maximum atomic E-state index is 14.1. The van der Waals surface area contributed by atoms with Gasteiger partial charge < -0.3 is 9.84 Å². The molecule has 1 aromatic carbocycles. The van der Waals surface area contributed by atoms with Crippen LogP contribution in [0.1, 0.15) is 23.7 Å². The molecule has 5 atom stereocenters. The van der Waals surface area contributed by atoms with Gasteiger partial charge in [-0.2, -0.15) is 16.8 Å². The molecule has 31 heavy (non-hydrogen) atoms. The van der Waals surface area contributed by atoms with Crippen LogP contribution in [0.15, 0.2) is 36.4 Å². The number of carbonyl (C=O) groups is 3. The molecule has 0 bridgehead atoms. The predicted octanol–water partition coefficient (Wildman–Crippen LogP) is 1.50. The van der Waals surface area contributed by atoms with Crippen LogP contribution in [0.3, 0.4) is 0 Å². The summed E-state index contributed by atoms with van der Waals surface area (Å²) in [7, 11) is 1.50. The lowest BCUT2D eigenvalue weighted by Gasteiger charge is -2.51. The SMILES string of the molecule is CS[C@H]1c2ccccc2O[C@]12C(=O)N1O[C@]3(CCC=CC3=O)[C@@H](O)[C@@]1(SC)C(=O)N2C. The Kier molecular flexibility index (Phi) is 4.54. The smallest absolute Gasteiger partial charge is 0.315 e. The topological polar surface area (TPSA) is 96.4 Å². The second-order valence-corrected chi connectivity index (χ2v) is 9.98. The Morgan fingerprint density at radius 2 is 1.90 bits per heavy atom. The number of aliphatic hydroxyl groups is 1. The molecule has 2 saturated heterocycles. The van der Waals surface area contributed by atoms with Gasteiger partial charge in [-0.1, -0.05) is 24.3 Å². The third-order valence-corrected chi connectivity index (χ3v) is 8.94. The zero-order valence-corrected chi connectivity index (χ0v) is 18.9. The van der Waals surface area contributed by atoms with Gasteiger partial charge in [-0.05, 0) is 37.5 Å². The van der Waals surface area contributed by atoms with Crippen LogP contribution in [0.25, 0.3) is 0 Å². The van der Waals surface area contributed by atoms with Crippen LogP contribution in [-0.4, -0.2) is 74.5 Å². The van der Waals surface area contributed by atoms with Gasteiger partial charge in [0.2, 0.25) is 4.87 Å². The van der Waals surface area contributed by atoms with E-state index >= 15 is 0 Å². The molecule has 5 rings (SSSR count). The Morgan fingerprint density at radius 1 is 1.16 bits per heavy atom. The Balaban J connectivity index is 1.68. The first kappa shape index (κ1) is 20.9. The fraction of sp³-hybridized carbons (Fsp3) is 0.476. The highest BCUT2D eigenvalue weighted by Gasteiger charge is 2.79. The van der Waals surface area contributed by atoms with Crippen molar-refractivity contribution in [3.8, 4) is 5.75 Å². The quantitative estimate of drug-likeness (QED) is 0.707. The number of hydrogen-bond acceptors (Lipinski definition) is 8. The fourth-order valence-corrected chi connectivity index (χ4v) is 7.18. The van der Waals surface area contributed by atoms with Gasteiger partial charge in [0.25, 0.3) is 11.6 Å². The van der Waals surface area contributed by atoms with Crippen molar-refractivity contribution >= 4 is 41.1 Å². The Labute approximate surface area is 187 Å². The van der Waals surface area contributed by atoms with Crippen molar-refractivity contribution in [1.82, 2.24) is 9.96 Å². The van der Waals surface area contributed by atoms with Crippen molar-refractivity contribution in [2.75, 3.05) is 19.6 Å². The number of hydrogen-bond donors (Lipinski definition) is 1. The average Bonchev–Trinajstić information content (AvgIpc) is 3.25. The molecule has 0 saturated carbocycles. The molecule has 3 heterocycles. The van der Waals surface area contributed by atoms with E-state index in [0.717, 1.165) is 22.4 Å². The number of benzene rings is 1. The highest BCUT2D eigenvalue weighted by atomic mass is 32.2. The number of piperazine rings is 1. The Hall–Kier alpha value is -2.01. The first-order chi connectivity index (χ1) is 14.8. The summed E-state index contributed by atoms with van der Waals surface area (Å²) >= 11 is 2.38. The van der Waals surface area contributed by atoms with Gasteiger partial charge in [0.15, 0.2) is 11.4 Å². The van der Waals surface area contributed by atoms with Gasteiger partial charge in [-0.3, -0.25) is 24.1 Å². The van der Waals surface area contributed by atoms with Gasteiger partial charge >= 0.3 is 5.91 Å². The molecule has 10 heteroatoms. The van der Waals surface area contributed by atoms with Crippen molar-refractivity contribution in [1.29, 1.82) is 0 Å². The minimum atomic E-state index is -1.78. The summed E-state index contributed by atoms with van der Waals surface area (Å²) in [6.45, 7) is 0. The summed E-state index contributed by atoms with van der Waals surface area (Å²) in [5.41, 5.74) is -2.57. The molecule has 0 radical (unpaired) electrons. The van der Waals surface area contributed by atoms with Crippen LogP contribution in [0.5, 0.6) is 5.75 Å². The Morgan fingerprint density at radius 3 is 2.58 bits per heavy atom. The zero-order valence-electron chi connectivity index (χ0n) is 17.2. The molecule has 4 aliphatic rings. The van der Waals surface area contributed by atoms with Crippen molar-refractivity contribution in [3.05, 3.63) is 42.0 Å². The number of rotatable bonds is 2. The van der Waals surface area contributed by atoms with Gasteiger partial charge in [0.1, 0.15) is 17.1 Å². The second-order valence-electron chi connectivity index (χ2n) is 8.00. The molecule has 2 spiro atoms. The minimum Gasteiger partial charge on any atom is -0.456 e. The summed E-state index contributed by atoms with van der Waals surface area (Å²) in [5.74, 6) is -1.10. The third-order valence-electron chi connectivity index (χ3n) is 6.71.